The van der Waals surface area contributed by atoms with Crippen LogP contribution in [0.15, 0.2) is 143 Å². The van der Waals surface area contributed by atoms with Crippen molar-refractivity contribution in [1.82, 2.24) is 19.9 Å². The Hall–Kier alpha value is -6.14. The van der Waals surface area contributed by atoms with Crippen LogP contribution in [0.2, 0.25) is 0 Å². The molecule has 44 heavy (non-hydrogen) atoms. The molecule has 0 bridgehead atoms. The van der Waals surface area contributed by atoms with E-state index in [1.807, 2.05) is 91.5 Å². The lowest BCUT2D eigenvalue weighted by atomic mass is 9.93. The van der Waals surface area contributed by atoms with Gasteiger partial charge in [0.1, 0.15) is 22.2 Å². The minimum atomic E-state index is 0.746. The summed E-state index contributed by atoms with van der Waals surface area (Å²) in [5.74, 6) is 0. The molecular formula is C38H22N4O2. The molecule has 6 aromatic heterocycles. The third-order valence-electron chi connectivity index (χ3n) is 8.19. The highest BCUT2D eigenvalue weighted by atomic mass is 16.3. The highest BCUT2D eigenvalue weighted by molar-refractivity contribution is 6.10. The molecule has 0 unspecified atom stereocenters. The fraction of sp³-hybridized carbons (Fsp3) is 0. The molecule has 9 aromatic rings. The summed E-state index contributed by atoms with van der Waals surface area (Å²) in [6, 6.07) is 32.9. The summed E-state index contributed by atoms with van der Waals surface area (Å²) < 4.78 is 12.9. The standard InChI is InChI=1S/C38H22N4O2/c1-2-4-33-31(3-1)35-37(43-33)29(11-17-41-35)27-19-26(24-9-15-40-16-10-24)20-28(21-27)30-12-18-42-36-32-22-25(23-7-13-39-14-8-23)5-6-34(32)44-38(30)36/h1-22H. The SMILES string of the molecule is c1ccc2c(c1)oc1c(-c3cc(-c4ccncc4)cc(-c4ccnc5c4oc4ccc(-c6ccncc6)cc45)c3)ccnc12. The van der Waals surface area contributed by atoms with E-state index in [1.165, 1.54) is 0 Å². The number of aromatic nitrogens is 4. The maximum absolute atomic E-state index is 6.52. The van der Waals surface area contributed by atoms with Crippen molar-refractivity contribution in [1.29, 1.82) is 0 Å². The lowest BCUT2D eigenvalue weighted by molar-refractivity contribution is 0.669. The van der Waals surface area contributed by atoms with E-state index in [0.717, 1.165) is 88.6 Å². The van der Waals surface area contributed by atoms with Crippen molar-refractivity contribution in [3.8, 4) is 44.5 Å². The second kappa shape index (κ2) is 9.71. The first-order valence-electron chi connectivity index (χ1n) is 14.3. The zero-order chi connectivity index (χ0) is 29.0. The molecule has 6 heteroatoms. The van der Waals surface area contributed by atoms with E-state index in [2.05, 4.69) is 45.3 Å². The Kier molecular flexibility index (Phi) is 5.40. The number of fused-ring (bicyclic) bond motifs is 6. The Morgan fingerprint density at radius 1 is 0.386 bits per heavy atom. The Balaban J connectivity index is 1.28. The van der Waals surface area contributed by atoms with Crippen LogP contribution in [-0.2, 0) is 0 Å². The van der Waals surface area contributed by atoms with Crippen LogP contribution in [0.1, 0.15) is 0 Å². The molecule has 0 fully saturated rings. The number of para-hydroxylation sites is 1. The third kappa shape index (κ3) is 3.89. The second-order valence-corrected chi connectivity index (χ2v) is 10.8. The lowest BCUT2D eigenvalue weighted by Gasteiger charge is -2.11. The maximum atomic E-state index is 6.52. The van der Waals surface area contributed by atoms with E-state index in [1.54, 1.807) is 12.4 Å². The summed E-state index contributed by atoms with van der Waals surface area (Å²) in [5, 5.41) is 1.97. The first kappa shape index (κ1) is 24.5. The molecule has 0 amide bonds. The zero-order valence-electron chi connectivity index (χ0n) is 23.3. The second-order valence-electron chi connectivity index (χ2n) is 10.8. The van der Waals surface area contributed by atoms with Crippen LogP contribution in [0.5, 0.6) is 0 Å². The van der Waals surface area contributed by atoms with Gasteiger partial charge in [0.05, 0.1) is 0 Å². The molecular weight excluding hydrogens is 544 g/mol. The Labute approximate surface area is 251 Å². The normalized spacial score (nSPS) is 11.6. The average molecular weight is 567 g/mol. The van der Waals surface area contributed by atoms with Gasteiger partial charge in [0, 0.05) is 59.1 Å². The van der Waals surface area contributed by atoms with Gasteiger partial charge in [-0.05, 0) is 112 Å². The van der Waals surface area contributed by atoms with E-state index >= 15 is 0 Å². The van der Waals surface area contributed by atoms with Crippen LogP contribution in [-0.4, -0.2) is 19.9 Å². The predicted molar refractivity (Wildman–Crippen MR) is 174 cm³/mol. The van der Waals surface area contributed by atoms with E-state index in [0.29, 0.717) is 0 Å². The van der Waals surface area contributed by atoms with Crippen LogP contribution in [0.3, 0.4) is 0 Å². The number of rotatable bonds is 4. The molecule has 0 saturated carbocycles. The van der Waals surface area contributed by atoms with Gasteiger partial charge in [0.25, 0.3) is 0 Å². The van der Waals surface area contributed by atoms with Gasteiger partial charge in [-0.1, -0.05) is 18.2 Å². The van der Waals surface area contributed by atoms with E-state index < -0.39 is 0 Å². The molecule has 6 heterocycles. The number of pyridine rings is 4. The number of hydrogen-bond acceptors (Lipinski definition) is 6. The summed E-state index contributed by atoms with van der Waals surface area (Å²) in [4.78, 5) is 17.9. The van der Waals surface area contributed by atoms with Gasteiger partial charge >= 0.3 is 0 Å². The topological polar surface area (TPSA) is 77.8 Å². The van der Waals surface area contributed by atoms with Gasteiger partial charge in [-0.15, -0.1) is 0 Å². The quantitative estimate of drug-likeness (QED) is 0.211. The van der Waals surface area contributed by atoms with Gasteiger partial charge < -0.3 is 8.83 Å². The summed E-state index contributed by atoms with van der Waals surface area (Å²) in [7, 11) is 0. The molecule has 0 radical (unpaired) electrons. The first-order valence-corrected chi connectivity index (χ1v) is 14.3. The van der Waals surface area contributed by atoms with Gasteiger partial charge in [-0.3, -0.25) is 19.9 Å². The van der Waals surface area contributed by atoms with Crippen LogP contribution in [0.4, 0.5) is 0 Å². The van der Waals surface area contributed by atoms with E-state index in [4.69, 9.17) is 13.8 Å². The minimum absolute atomic E-state index is 0.746. The molecule has 0 aliphatic heterocycles. The summed E-state index contributed by atoms with van der Waals surface area (Å²) in [5.41, 5.74) is 13.1. The van der Waals surface area contributed by atoms with Gasteiger partial charge in [0.2, 0.25) is 0 Å². The predicted octanol–water partition coefficient (Wildman–Crippen LogP) is 9.73. The Morgan fingerprint density at radius 3 is 1.59 bits per heavy atom. The number of hydrogen-bond donors (Lipinski definition) is 0. The minimum Gasteiger partial charge on any atom is -0.454 e. The van der Waals surface area contributed by atoms with E-state index in [-0.39, 0.29) is 0 Å². The van der Waals surface area contributed by atoms with Crippen molar-refractivity contribution in [2.75, 3.05) is 0 Å². The fourth-order valence-corrected chi connectivity index (χ4v) is 6.09. The van der Waals surface area contributed by atoms with Crippen LogP contribution in [0.25, 0.3) is 88.6 Å². The molecule has 206 valence electrons. The van der Waals surface area contributed by atoms with Crippen molar-refractivity contribution in [2.45, 2.75) is 0 Å². The monoisotopic (exact) mass is 566 g/mol. The average Bonchev–Trinajstić information content (AvgIpc) is 3.67. The van der Waals surface area contributed by atoms with Gasteiger partial charge in [0.15, 0.2) is 11.2 Å². The Bertz CT molecular complexity index is 2500. The molecule has 0 saturated heterocycles. The first-order chi connectivity index (χ1) is 21.8. The molecule has 0 aliphatic carbocycles. The summed E-state index contributed by atoms with van der Waals surface area (Å²) >= 11 is 0. The molecule has 0 atom stereocenters. The maximum Gasteiger partial charge on any atom is 0.161 e. The summed E-state index contributed by atoms with van der Waals surface area (Å²) in [6.45, 7) is 0. The smallest absolute Gasteiger partial charge is 0.161 e. The molecule has 6 nitrogen and oxygen atoms in total. The molecule has 9 rings (SSSR count). The number of nitrogens with zero attached hydrogens (tertiary/aromatic N) is 4. The largest absolute Gasteiger partial charge is 0.454 e. The van der Waals surface area contributed by atoms with Crippen LogP contribution in [0, 0.1) is 0 Å². The highest BCUT2D eigenvalue weighted by Gasteiger charge is 2.18. The molecule has 0 aliphatic rings. The molecule has 0 N–H and O–H groups in total. The van der Waals surface area contributed by atoms with Crippen molar-refractivity contribution in [2.24, 2.45) is 0 Å². The van der Waals surface area contributed by atoms with Crippen LogP contribution < -0.4 is 0 Å². The number of furan rings is 2. The summed E-state index contributed by atoms with van der Waals surface area (Å²) in [6.07, 6.45) is 10.9. The highest BCUT2D eigenvalue weighted by Crippen LogP contribution is 2.41. The van der Waals surface area contributed by atoms with Crippen molar-refractivity contribution in [3.05, 3.63) is 134 Å². The van der Waals surface area contributed by atoms with Gasteiger partial charge in [-0.25, -0.2) is 0 Å². The van der Waals surface area contributed by atoms with E-state index in [9.17, 15) is 0 Å². The van der Waals surface area contributed by atoms with Crippen molar-refractivity contribution < 1.29 is 8.83 Å². The third-order valence-corrected chi connectivity index (χ3v) is 8.19. The molecule has 0 spiro atoms. The lowest BCUT2D eigenvalue weighted by Crippen LogP contribution is -1.88. The van der Waals surface area contributed by atoms with Crippen molar-refractivity contribution in [3.63, 3.8) is 0 Å². The fourth-order valence-electron chi connectivity index (χ4n) is 6.09. The van der Waals surface area contributed by atoms with Crippen molar-refractivity contribution >= 4 is 44.1 Å². The zero-order valence-corrected chi connectivity index (χ0v) is 23.3. The number of benzene rings is 3. The van der Waals surface area contributed by atoms with Gasteiger partial charge in [-0.2, -0.15) is 0 Å². The molecule has 3 aromatic carbocycles. The Morgan fingerprint density at radius 2 is 0.932 bits per heavy atom. The van der Waals surface area contributed by atoms with Crippen LogP contribution >= 0.6 is 0 Å².